The van der Waals surface area contributed by atoms with Crippen LogP contribution in [0.1, 0.15) is 13.3 Å². The van der Waals surface area contributed by atoms with Crippen molar-refractivity contribution in [1.29, 1.82) is 0 Å². The highest BCUT2D eigenvalue weighted by atomic mass is 19.4. The lowest BCUT2D eigenvalue weighted by atomic mass is 10.0. The molecule has 0 saturated heterocycles. The molecule has 0 radical (unpaired) electrons. The van der Waals surface area contributed by atoms with Gasteiger partial charge >= 0.3 is 6.18 Å². The van der Waals surface area contributed by atoms with Crippen LogP contribution >= 0.6 is 0 Å². The van der Waals surface area contributed by atoms with E-state index in [0.717, 1.165) is 6.92 Å². The van der Waals surface area contributed by atoms with Crippen LogP contribution in [-0.2, 0) is 0 Å². The van der Waals surface area contributed by atoms with Crippen molar-refractivity contribution in [3.05, 3.63) is 0 Å². The first-order chi connectivity index (χ1) is 6.54. The summed E-state index contributed by atoms with van der Waals surface area (Å²) in [4.78, 5) is 0. The molecule has 0 amide bonds. The summed E-state index contributed by atoms with van der Waals surface area (Å²) in [7, 11) is 0. The van der Waals surface area contributed by atoms with E-state index >= 15 is 0 Å². The van der Waals surface area contributed by atoms with Gasteiger partial charge in [-0.2, -0.15) is 13.2 Å². The van der Waals surface area contributed by atoms with Gasteiger partial charge in [0.1, 0.15) is 0 Å². The van der Waals surface area contributed by atoms with Crippen molar-refractivity contribution in [3.8, 4) is 0 Å². The van der Waals surface area contributed by atoms with Gasteiger partial charge in [-0.15, -0.1) is 0 Å². The Morgan fingerprint density at radius 2 is 1.27 bits per heavy atom. The summed E-state index contributed by atoms with van der Waals surface area (Å²) in [5.74, 6) is -4.31. The van der Waals surface area contributed by atoms with Crippen molar-refractivity contribution >= 4 is 0 Å². The Morgan fingerprint density at radius 1 is 0.867 bits per heavy atom. The summed E-state index contributed by atoms with van der Waals surface area (Å²) >= 11 is 0. The molecule has 0 aliphatic heterocycles. The van der Waals surface area contributed by atoms with E-state index in [0.29, 0.717) is 0 Å². The fraction of sp³-hybridized carbons (Fsp3) is 1.00. The molecule has 0 spiro atoms. The predicted molar refractivity (Wildman–Crippen MR) is 36.0 cm³/mol. The first-order valence-corrected chi connectivity index (χ1v) is 3.90. The molecular formula is C7H8F8. The zero-order chi connectivity index (χ0) is 12.4. The Labute approximate surface area is 80.3 Å². The Morgan fingerprint density at radius 3 is 1.53 bits per heavy atom. The van der Waals surface area contributed by atoms with E-state index in [2.05, 4.69) is 0 Å². The van der Waals surface area contributed by atoms with Gasteiger partial charge in [-0.05, 0) is 0 Å². The molecule has 0 aromatic carbocycles. The van der Waals surface area contributed by atoms with Crippen LogP contribution in [0.2, 0.25) is 0 Å². The minimum atomic E-state index is -5.69. The number of hydrogen-bond donors (Lipinski definition) is 0. The largest absolute Gasteiger partial charge is 0.422 e. The van der Waals surface area contributed by atoms with E-state index in [9.17, 15) is 35.1 Å². The van der Waals surface area contributed by atoms with Crippen LogP contribution in [0.15, 0.2) is 0 Å². The van der Waals surface area contributed by atoms with Gasteiger partial charge in [-0.25, -0.2) is 22.0 Å². The zero-order valence-electron chi connectivity index (χ0n) is 7.46. The molecule has 3 atom stereocenters. The fourth-order valence-electron chi connectivity index (χ4n) is 0.757. The number of rotatable bonds is 4. The van der Waals surface area contributed by atoms with Crippen LogP contribution in [0, 0.1) is 0 Å². The van der Waals surface area contributed by atoms with Crippen molar-refractivity contribution in [1.82, 2.24) is 0 Å². The van der Waals surface area contributed by atoms with Crippen LogP contribution in [0.3, 0.4) is 0 Å². The van der Waals surface area contributed by atoms with Crippen LogP contribution < -0.4 is 0 Å². The van der Waals surface area contributed by atoms with Gasteiger partial charge in [0.05, 0.1) is 0 Å². The van der Waals surface area contributed by atoms with Gasteiger partial charge in [0.25, 0.3) is 5.92 Å². The highest BCUT2D eigenvalue weighted by Gasteiger charge is 2.55. The second-order valence-electron chi connectivity index (χ2n) is 2.90. The van der Waals surface area contributed by atoms with E-state index in [1.807, 2.05) is 0 Å². The maximum Gasteiger partial charge on any atom is 0.422 e. The molecule has 8 heteroatoms. The summed E-state index contributed by atoms with van der Waals surface area (Å²) < 4.78 is 96.4. The van der Waals surface area contributed by atoms with E-state index < -0.39 is 37.0 Å². The van der Waals surface area contributed by atoms with E-state index in [-0.39, 0.29) is 0 Å². The minimum absolute atomic E-state index is 0.750. The van der Waals surface area contributed by atoms with Crippen molar-refractivity contribution < 1.29 is 35.1 Å². The lowest BCUT2D eigenvalue weighted by Crippen LogP contribution is -2.46. The number of halogens is 8. The Bertz CT molecular complexity index is 198. The average molecular weight is 244 g/mol. The second-order valence-corrected chi connectivity index (χ2v) is 2.90. The molecule has 0 heterocycles. The minimum Gasteiger partial charge on any atom is -0.240 e. The molecule has 0 fully saturated rings. The summed E-state index contributed by atoms with van der Waals surface area (Å²) in [6, 6.07) is 0. The molecule has 0 aliphatic carbocycles. The highest BCUT2D eigenvalue weighted by molar-refractivity contribution is 4.89. The summed E-state index contributed by atoms with van der Waals surface area (Å²) in [5, 5.41) is 0. The molecule has 0 saturated carbocycles. The zero-order valence-corrected chi connectivity index (χ0v) is 7.46. The van der Waals surface area contributed by atoms with Crippen LogP contribution in [0.25, 0.3) is 0 Å². The molecular weight excluding hydrogens is 236 g/mol. The van der Waals surface area contributed by atoms with Crippen molar-refractivity contribution in [2.45, 2.75) is 44.0 Å². The van der Waals surface area contributed by atoms with Crippen molar-refractivity contribution in [3.63, 3.8) is 0 Å². The SMILES string of the molecule is CCC(F)(F)C(F)C(F)[C@H](F)C(F)(F)F. The van der Waals surface area contributed by atoms with Crippen LogP contribution in [-0.4, -0.2) is 30.6 Å². The van der Waals surface area contributed by atoms with Gasteiger partial charge in [0, 0.05) is 6.42 Å². The predicted octanol–water partition coefficient (Wildman–Crippen LogP) is 3.61. The molecule has 0 aromatic rings. The third-order valence-corrected chi connectivity index (χ3v) is 1.75. The normalized spacial score (nSPS) is 19.8. The standard InChI is InChI=1S/C7H8F8/c1-2-6(11,12)4(9)3(8)5(10)7(13,14)15/h3-5H,2H2,1H3/t3?,4?,5-/m0/s1. The Balaban J connectivity index is 4.65. The molecule has 2 unspecified atom stereocenters. The lowest BCUT2D eigenvalue weighted by Gasteiger charge is -2.24. The van der Waals surface area contributed by atoms with Gasteiger partial charge < -0.3 is 0 Å². The topological polar surface area (TPSA) is 0 Å². The monoisotopic (exact) mass is 244 g/mol. The maximum atomic E-state index is 12.5. The molecule has 0 nitrogen and oxygen atoms in total. The molecule has 0 rings (SSSR count). The molecule has 92 valence electrons. The third-order valence-electron chi connectivity index (χ3n) is 1.75. The maximum absolute atomic E-state index is 12.5. The smallest absolute Gasteiger partial charge is 0.240 e. The van der Waals surface area contributed by atoms with E-state index in [1.165, 1.54) is 0 Å². The molecule has 15 heavy (non-hydrogen) atoms. The van der Waals surface area contributed by atoms with Gasteiger partial charge in [0.15, 0.2) is 12.3 Å². The van der Waals surface area contributed by atoms with E-state index in [4.69, 9.17) is 0 Å². The second kappa shape index (κ2) is 4.52. The van der Waals surface area contributed by atoms with Gasteiger partial charge in [0.2, 0.25) is 6.17 Å². The molecule has 0 aromatic heterocycles. The van der Waals surface area contributed by atoms with E-state index in [1.54, 1.807) is 0 Å². The molecule has 0 aliphatic rings. The van der Waals surface area contributed by atoms with Gasteiger partial charge in [-0.3, -0.25) is 0 Å². The number of hydrogen-bond acceptors (Lipinski definition) is 0. The quantitative estimate of drug-likeness (QED) is 0.662. The van der Waals surface area contributed by atoms with Crippen LogP contribution in [0.4, 0.5) is 35.1 Å². The van der Waals surface area contributed by atoms with Crippen LogP contribution in [0.5, 0.6) is 0 Å². The average Bonchev–Trinajstić information content (AvgIpc) is 2.12. The third kappa shape index (κ3) is 3.49. The Hall–Kier alpha value is -0.560. The lowest BCUT2D eigenvalue weighted by molar-refractivity contribution is -0.215. The first-order valence-electron chi connectivity index (χ1n) is 3.90. The molecule has 0 N–H and O–H groups in total. The van der Waals surface area contributed by atoms with Crippen molar-refractivity contribution in [2.24, 2.45) is 0 Å². The van der Waals surface area contributed by atoms with Gasteiger partial charge in [-0.1, -0.05) is 6.92 Å². The Kier molecular flexibility index (Phi) is 4.36. The summed E-state index contributed by atoms with van der Waals surface area (Å²) in [5.41, 5.74) is 0. The summed E-state index contributed by atoms with van der Waals surface area (Å²) in [6.07, 6.45) is -18.9. The summed E-state index contributed by atoms with van der Waals surface area (Å²) in [6.45, 7) is 0.750. The highest BCUT2D eigenvalue weighted by Crippen LogP contribution is 2.35. The number of alkyl halides is 8. The first kappa shape index (κ1) is 14.4. The molecule has 0 bridgehead atoms. The fourth-order valence-corrected chi connectivity index (χ4v) is 0.757. The van der Waals surface area contributed by atoms with Crippen molar-refractivity contribution in [2.75, 3.05) is 0 Å².